The van der Waals surface area contributed by atoms with Gasteiger partial charge in [0, 0.05) is 18.0 Å². The fourth-order valence-electron chi connectivity index (χ4n) is 3.24. The Bertz CT molecular complexity index is 518. The minimum atomic E-state index is -0.849. The van der Waals surface area contributed by atoms with Gasteiger partial charge in [0.15, 0.2) is 5.13 Å². The molecule has 1 N–H and O–H groups in total. The van der Waals surface area contributed by atoms with Crippen LogP contribution in [-0.2, 0) is 5.41 Å². The number of aromatic nitrogens is 1. The van der Waals surface area contributed by atoms with Crippen molar-refractivity contribution in [1.29, 1.82) is 0 Å². The Morgan fingerprint density at radius 2 is 2.16 bits per heavy atom. The van der Waals surface area contributed by atoms with Gasteiger partial charge in [0.2, 0.25) is 0 Å². The molecule has 2 heterocycles. The van der Waals surface area contributed by atoms with Gasteiger partial charge in [-0.1, -0.05) is 32.1 Å². The van der Waals surface area contributed by atoms with Crippen LogP contribution >= 0.6 is 11.3 Å². The summed E-state index contributed by atoms with van der Waals surface area (Å²) in [7, 11) is 0. The van der Waals surface area contributed by atoms with E-state index in [1.807, 2.05) is 20.8 Å². The van der Waals surface area contributed by atoms with E-state index in [-0.39, 0.29) is 5.41 Å². The van der Waals surface area contributed by atoms with Gasteiger partial charge in [-0.2, -0.15) is 0 Å². The van der Waals surface area contributed by atoms with Crippen molar-refractivity contribution >= 4 is 22.4 Å². The first-order valence-electron chi connectivity index (χ1n) is 6.87. The zero-order valence-corrected chi connectivity index (χ0v) is 12.5. The Morgan fingerprint density at radius 1 is 1.42 bits per heavy atom. The van der Waals surface area contributed by atoms with E-state index >= 15 is 0 Å². The molecule has 1 aromatic rings. The van der Waals surface area contributed by atoms with E-state index in [0.717, 1.165) is 23.3 Å². The molecule has 2 aliphatic rings. The number of piperidine rings is 1. The smallest absolute Gasteiger partial charge is 0.347 e. The van der Waals surface area contributed by atoms with Crippen molar-refractivity contribution in [3.8, 4) is 0 Å². The third-order valence-electron chi connectivity index (χ3n) is 4.18. The van der Waals surface area contributed by atoms with Crippen LogP contribution in [0.2, 0.25) is 0 Å². The second-order valence-corrected chi connectivity index (χ2v) is 7.69. The Balaban J connectivity index is 1.97. The fourth-order valence-corrected chi connectivity index (χ4v) is 4.44. The third-order valence-corrected chi connectivity index (χ3v) is 5.26. The average Bonchev–Trinajstić information content (AvgIpc) is 3.01. The molecule has 2 unspecified atom stereocenters. The lowest BCUT2D eigenvalue weighted by Crippen LogP contribution is -2.31. The molecule has 2 fully saturated rings. The maximum absolute atomic E-state index is 11.4. The highest BCUT2D eigenvalue weighted by Crippen LogP contribution is 2.43. The molecule has 2 atom stereocenters. The second kappa shape index (κ2) is 4.20. The van der Waals surface area contributed by atoms with Crippen LogP contribution in [0.15, 0.2) is 0 Å². The summed E-state index contributed by atoms with van der Waals surface area (Å²) >= 11 is 1.35. The summed E-state index contributed by atoms with van der Waals surface area (Å²) in [5.41, 5.74) is 0.504. The molecule has 0 radical (unpaired) electrons. The van der Waals surface area contributed by atoms with Crippen molar-refractivity contribution in [2.24, 2.45) is 5.92 Å². The number of hydrogen-bond acceptors (Lipinski definition) is 4. The van der Waals surface area contributed by atoms with Crippen molar-refractivity contribution < 1.29 is 9.90 Å². The summed E-state index contributed by atoms with van der Waals surface area (Å²) in [5.74, 6) is -0.0571. The van der Waals surface area contributed by atoms with E-state index < -0.39 is 5.97 Å². The highest BCUT2D eigenvalue weighted by Gasteiger charge is 2.40. The summed E-state index contributed by atoms with van der Waals surface area (Å²) in [5, 5.41) is 10.3. The lowest BCUT2D eigenvalue weighted by atomic mass is 9.91. The first-order valence-corrected chi connectivity index (χ1v) is 7.69. The Morgan fingerprint density at radius 3 is 2.58 bits per heavy atom. The summed E-state index contributed by atoms with van der Waals surface area (Å²) in [4.78, 5) is 18.8. The van der Waals surface area contributed by atoms with Crippen molar-refractivity contribution in [1.82, 2.24) is 4.98 Å². The lowest BCUT2D eigenvalue weighted by molar-refractivity contribution is 0.0699. The number of carboxylic acid groups (broad SMARTS) is 1. The quantitative estimate of drug-likeness (QED) is 0.904. The van der Waals surface area contributed by atoms with Gasteiger partial charge < -0.3 is 10.0 Å². The monoisotopic (exact) mass is 280 g/mol. The Labute approximate surface area is 117 Å². The number of carboxylic acids is 1. The van der Waals surface area contributed by atoms with Crippen LogP contribution in [0, 0.1) is 5.92 Å². The maximum Gasteiger partial charge on any atom is 0.347 e. The molecule has 104 valence electrons. The zero-order chi connectivity index (χ0) is 13.8. The molecular formula is C14H20N2O2S. The van der Waals surface area contributed by atoms with E-state index in [9.17, 15) is 9.90 Å². The number of carbonyl (C=O) groups is 1. The van der Waals surface area contributed by atoms with Crippen molar-refractivity contribution in [2.75, 3.05) is 11.4 Å². The SMILES string of the molecule is CC(C)(C)c1nc(N2CC3CCC2C3)sc1C(=O)O. The first-order chi connectivity index (χ1) is 8.86. The van der Waals surface area contributed by atoms with Crippen LogP contribution in [-0.4, -0.2) is 28.6 Å². The van der Waals surface area contributed by atoms with Crippen molar-refractivity contribution in [2.45, 2.75) is 51.5 Å². The highest BCUT2D eigenvalue weighted by molar-refractivity contribution is 7.17. The average molecular weight is 280 g/mol. The van der Waals surface area contributed by atoms with Gasteiger partial charge >= 0.3 is 5.97 Å². The lowest BCUT2D eigenvalue weighted by Gasteiger charge is -2.26. The number of nitrogens with zero attached hydrogens (tertiary/aromatic N) is 2. The topological polar surface area (TPSA) is 53.4 Å². The van der Waals surface area contributed by atoms with Crippen LogP contribution < -0.4 is 4.90 Å². The molecule has 0 aromatic carbocycles. The molecule has 3 rings (SSSR count). The van der Waals surface area contributed by atoms with Crippen molar-refractivity contribution in [3.63, 3.8) is 0 Å². The van der Waals surface area contributed by atoms with Gasteiger partial charge in [0.05, 0.1) is 5.69 Å². The molecule has 1 aliphatic heterocycles. The van der Waals surface area contributed by atoms with Crippen LogP contribution in [0.5, 0.6) is 0 Å². The Kier molecular flexibility index (Phi) is 2.85. The number of hydrogen-bond donors (Lipinski definition) is 1. The normalized spacial score (nSPS) is 26.2. The molecule has 1 saturated heterocycles. The summed E-state index contributed by atoms with van der Waals surface area (Å²) in [6.07, 6.45) is 3.81. The van der Waals surface area contributed by atoms with Crippen molar-refractivity contribution in [3.05, 3.63) is 10.6 Å². The zero-order valence-electron chi connectivity index (χ0n) is 11.6. The van der Waals surface area contributed by atoms with Crippen LogP contribution in [0.25, 0.3) is 0 Å². The van der Waals surface area contributed by atoms with E-state index in [4.69, 9.17) is 0 Å². The third kappa shape index (κ3) is 2.14. The molecule has 0 amide bonds. The summed E-state index contributed by atoms with van der Waals surface area (Å²) in [6.45, 7) is 7.12. The second-order valence-electron chi connectivity index (χ2n) is 6.71. The molecule has 4 nitrogen and oxygen atoms in total. The van der Waals surface area contributed by atoms with E-state index in [1.165, 1.54) is 30.6 Å². The standard InChI is InChI=1S/C14H20N2O2S/c1-14(2,3)11-10(12(17)18)19-13(15-11)16-7-8-4-5-9(16)6-8/h8-9H,4-7H2,1-3H3,(H,17,18). The molecule has 1 aromatic heterocycles. The van der Waals surface area contributed by atoms with E-state index in [0.29, 0.717) is 10.9 Å². The van der Waals surface area contributed by atoms with Crippen LogP contribution in [0.4, 0.5) is 5.13 Å². The summed E-state index contributed by atoms with van der Waals surface area (Å²) < 4.78 is 0. The molecule has 1 aliphatic carbocycles. The van der Waals surface area contributed by atoms with E-state index in [2.05, 4.69) is 9.88 Å². The Hall–Kier alpha value is -1.10. The van der Waals surface area contributed by atoms with Gasteiger partial charge in [-0.15, -0.1) is 0 Å². The number of fused-ring (bicyclic) bond motifs is 2. The van der Waals surface area contributed by atoms with Crippen LogP contribution in [0.3, 0.4) is 0 Å². The van der Waals surface area contributed by atoms with E-state index in [1.54, 1.807) is 0 Å². The van der Waals surface area contributed by atoms with Gasteiger partial charge in [-0.25, -0.2) is 9.78 Å². The highest BCUT2D eigenvalue weighted by atomic mass is 32.1. The minimum Gasteiger partial charge on any atom is -0.477 e. The minimum absolute atomic E-state index is 0.221. The van der Waals surface area contributed by atoms with Gasteiger partial charge in [-0.05, 0) is 25.2 Å². The number of anilines is 1. The van der Waals surface area contributed by atoms with Gasteiger partial charge in [0.25, 0.3) is 0 Å². The number of thiazole rings is 1. The number of aromatic carboxylic acids is 1. The van der Waals surface area contributed by atoms with Gasteiger partial charge in [0.1, 0.15) is 4.88 Å². The molecule has 1 saturated carbocycles. The fraction of sp³-hybridized carbons (Fsp3) is 0.714. The molecule has 0 spiro atoms. The summed E-state index contributed by atoms with van der Waals surface area (Å²) in [6, 6.07) is 0.589. The van der Waals surface area contributed by atoms with Gasteiger partial charge in [-0.3, -0.25) is 0 Å². The molecule has 2 bridgehead atoms. The molecular weight excluding hydrogens is 260 g/mol. The van der Waals surface area contributed by atoms with Crippen LogP contribution in [0.1, 0.15) is 55.4 Å². The number of rotatable bonds is 2. The maximum atomic E-state index is 11.4. The predicted octanol–water partition coefficient (Wildman–Crippen LogP) is 3.13. The molecule has 19 heavy (non-hydrogen) atoms. The first kappa shape index (κ1) is 12.9. The predicted molar refractivity (Wildman–Crippen MR) is 76.2 cm³/mol. The largest absolute Gasteiger partial charge is 0.477 e. The molecule has 5 heteroatoms.